The molecule has 3 unspecified atom stereocenters. The zero-order valence-corrected chi connectivity index (χ0v) is 11.0. The van der Waals surface area contributed by atoms with E-state index in [1.165, 1.54) is 0 Å². The molecule has 0 amide bonds. The van der Waals surface area contributed by atoms with Crippen LogP contribution in [0.4, 0.5) is 0 Å². The second-order valence-corrected chi connectivity index (χ2v) is 4.91. The number of hydrogen-bond donors (Lipinski definition) is 2. The molecule has 18 heavy (non-hydrogen) atoms. The Hall–Kier alpha value is -0.880. The second kappa shape index (κ2) is 5.84. The van der Waals surface area contributed by atoms with E-state index in [1.807, 2.05) is 26.0 Å². The molecule has 3 N–H and O–H groups in total. The van der Waals surface area contributed by atoms with E-state index in [0.717, 1.165) is 18.1 Å². The number of nitrogens with zero attached hydrogens (tertiary/aromatic N) is 1. The van der Waals surface area contributed by atoms with Crippen molar-refractivity contribution >= 4 is 0 Å². The number of aliphatic hydroxyl groups is 1. The van der Waals surface area contributed by atoms with Gasteiger partial charge < -0.3 is 20.0 Å². The highest BCUT2D eigenvalue weighted by Crippen LogP contribution is 2.25. The van der Waals surface area contributed by atoms with Crippen molar-refractivity contribution in [1.29, 1.82) is 0 Å². The summed E-state index contributed by atoms with van der Waals surface area (Å²) in [6, 6.07) is 3.98. The molecule has 2 heterocycles. The lowest BCUT2D eigenvalue weighted by Gasteiger charge is -2.39. The lowest BCUT2D eigenvalue weighted by Crippen LogP contribution is -2.50. The third-order valence-corrected chi connectivity index (χ3v) is 3.31. The first-order chi connectivity index (χ1) is 8.63. The van der Waals surface area contributed by atoms with Crippen LogP contribution in [0.1, 0.15) is 24.5 Å². The third kappa shape index (κ3) is 2.92. The van der Waals surface area contributed by atoms with Crippen molar-refractivity contribution in [2.45, 2.75) is 32.1 Å². The van der Waals surface area contributed by atoms with Crippen molar-refractivity contribution in [2.75, 3.05) is 26.2 Å². The molecule has 0 aliphatic carbocycles. The van der Waals surface area contributed by atoms with Gasteiger partial charge in [0.15, 0.2) is 0 Å². The summed E-state index contributed by atoms with van der Waals surface area (Å²) >= 11 is 0. The minimum Gasteiger partial charge on any atom is -0.465 e. The zero-order chi connectivity index (χ0) is 13.1. The molecule has 1 fully saturated rings. The molecule has 1 saturated heterocycles. The van der Waals surface area contributed by atoms with Gasteiger partial charge >= 0.3 is 0 Å². The van der Waals surface area contributed by atoms with Crippen LogP contribution in [-0.2, 0) is 4.74 Å². The minimum absolute atomic E-state index is 0.0370. The average molecular weight is 254 g/mol. The molecule has 0 radical (unpaired) electrons. The largest absolute Gasteiger partial charge is 0.465 e. The normalized spacial score (nSPS) is 27.3. The summed E-state index contributed by atoms with van der Waals surface area (Å²) in [5.74, 6) is 1.78. The molecule has 3 atom stereocenters. The smallest absolute Gasteiger partial charge is 0.122 e. The van der Waals surface area contributed by atoms with Gasteiger partial charge in [-0.3, -0.25) is 4.90 Å². The first-order valence-corrected chi connectivity index (χ1v) is 6.40. The average Bonchev–Trinajstić information content (AvgIpc) is 2.76. The van der Waals surface area contributed by atoms with Gasteiger partial charge in [-0.2, -0.15) is 0 Å². The summed E-state index contributed by atoms with van der Waals surface area (Å²) in [6.07, 6.45) is -0.0418. The molecule has 1 aliphatic rings. The van der Waals surface area contributed by atoms with Gasteiger partial charge in [-0.1, -0.05) is 0 Å². The fraction of sp³-hybridized carbons (Fsp3) is 0.692. The van der Waals surface area contributed by atoms with E-state index in [9.17, 15) is 5.11 Å². The number of rotatable bonds is 4. The molecule has 1 aromatic rings. The van der Waals surface area contributed by atoms with E-state index < -0.39 is 0 Å². The molecule has 1 aliphatic heterocycles. The van der Waals surface area contributed by atoms with Gasteiger partial charge in [0.25, 0.3) is 0 Å². The molecule has 0 saturated carbocycles. The lowest BCUT2D eigenvalue weighted by molar-refractivity contribution is -0.107. The van der Waals surface area contributed by atoms with Gasteiger partial charge in [0, 0.05) is 19.6 Å². The molecule has 0 spiro atoms. The highest BCUT2D eigenvalue weighted by molar-refractivity contribution is 5.11. The molecule has 5 nitrogen and oxygen atoms in total. The summed E-state index contributed by atoms with van der Waals surface area (Å²) in [7, 11) is 0. The van der Waals surface area contributed by atoms with Crippen LogP contribution in [0.25, 0.3) is 0 Å². The van der Waals surface area contributed by atoms with Gasteiger partial charge in [0.1, 0.15) is 11.5 Å². The van der Waals surface area contributed by atoms with Crippen molar-refractivity contribution in [1.82, 2.24) is 4.90 Å². The standard InChI is InChI=1S/C13H22N2O3/c1-9-3-4-13(18-9)12(5-14)15-6-10(2)17-11(7-15)8-16/h3-4,10-12,16H,5-8,14H2,1-2H3. The zero-order valence-electron chi connectivity index (χ0n) is 11.0. The van der Waals surface area contributed by atoms with Gasteiger partial charge in [0.2, 0.25) is 0 Å². The van der Waals surface area contributed by atoms with E-state index in [1.54, 1.807) is 0 Å². The van der Waals surface area contributed by atoms with Crippen LogP contribution in [0.3, 0.4) is 0 Å². The van der Waals surface area contributed by atoms with E-state index in [4.69, 9.17) is 14.9 Å². The van der Waals surface area contributed by atoms with Gasteiger partial charge in [-0.05, 0) is 26.0 Å². The van der Waals surface area contributed by atoms with E-state index in [2.05, 4.69) is 4.90 Å². The number of ether oxygens (including phenoxy) is 1. The van der Waals surface area contributed by atoms with Gasteiger partial charge in [0.05, 0.1) is 24.9 Å². The van der Waals surface area contributed by atoms with Crippen LogP contribution < -0.4 is 5.73 Å². The van der Waals surface area contributed by atoms with Crippen LogP contribution in [-0.4, -0.2) is 48.5 Å². The summed E-state index contributed by atoms with van der Waals surface area (Å²) in [6.45, 7) is 5.96. The molecule has 102 valence electrons. The van der Waals surface area contributed by atoms with Crippen LogP contribution in [0.5, 0.6) is 0 Å². The Kier molecular flexibility index (Phi) is 4.40. The third-order valence-electron chi connectivity index (χ3n) is 3.31. The lowest BCUT2D eigenvalue weighted by atomic mass is 10.1. The summed E-state index contributed by atoms with van der Waals surface area (Å²) < 4.78 is 11.3. The molecule has 0 aromatic carbocycles. The Morgan fingerprint density at radius 1 is 1.50 bits per heavy atom. The second-order valence-electron chi connectivity index (χ2n) is 4.91. The summed E-state index contributed by atoms with van der Waals surface area (Å²) in [5.41, 5.74) is 5.87. The molecule has 2 rings (SSSR count). The topological polar surface area (TPSA) is 71.9 Å². The Bertz CT molecular complexity index is 380. The van der Waals surface area contributed by atoms with Gasteiger partial charge in [-0.15, -0.1) is 0 Å². The number of hydrogen-bond acceptors (Lipinski definition) is 5. The maximum absolute atomic E-state index is 9.25. The number of aliphatic hydroxyl groups excluding tert-OH is 1. The van der Waals surface area contributed by atoms with E-state index in [-0.39, 0.29) is 24.9 Å². The van der Waals surface area contributed by atoms with E-state index >= 15 is 0 Å². The van der Waals surface area contributed by atoms with Crippen LogP contribution in [0, 0.1) is 6.92 Å². The van der Waals surface area contributed by atoms with Crippen molar-refractivity contribution in [3.8, 4) is 0 Å². The number of furan rings is 1. The highest BCUT2D eigenvalue weighted by atomic mass is 16.5. The Morgan fingerprint density at radius 3 is 2.83 bits per heavy atom. The number of nitrogens with two attached hydrogens (primary N) is 1. The first-order valence-electron chi connectivity index (χ1n) is 6.40. The summed E-state index contributed by atoms with van der Waals surface area (Å²) in [5, 5.41) is 9.25. The minimum atomic E-state index is -0.140. The number of morpholine rings is 1. The maximum atomic E-state index is 9.25. The molecule has 1 aromatic heterocycles. The fourth-order valence-electron chi connectivity index (χ4n) is 2.51. The quantitative estimate of drug-likeness (QED) is 0.826. The van der Waals surface area contributed by atoms with Gasteiger partial charge in [-0.25, -0.2) is 0 Å². The highest BCUT2D eigenvalue weighted by Gasteiger charge is 2.31. The van der Waals surface area contributed by atoms with Crippen LogP contribution in [0.2, 0.25) is 0 Å². The fourth-order valence-corrected chi connectivity index (χ4v) is 2.51. The van der Waals surface area contributed by atoms with Crippen LogP contribution >= 0.6 is 0 Å². The number of aryl methyl sites for hydroxylation is 1. The van der Waals surface area contributed by atoms with Crippen molar-refractivity contribution < 1.29 is 14.3 Å². The predicted octanol–water partition coefficient (Wildman–Crippen LogP) is 0.669. The first kappa shape index (κ1) is 13.5. The van der Waals surface area contributed by atoms with Crippen molar-refractivity contribution in [3.05, 3.63) is 23.7 Å². The Labute approximate surface area is 108 Å². The Balaban J connectivity index is 2.11. The molecular formula is C13H22N2O3. The predicted molar refractivity (Wildman–Crippen MR) is 68.2 cm³/mol. The Morgan fingerprint density at radius 2 is 2.28 bits per heavy atom. The summed E-state index contributed by atoms with van der Waals surface area (Å²) in [4.78, 5) is 2.23. The van der Waals surface area contributed by atoms with Crippen LogP contribution in [0.15, 0.2) is 16.5 Å². The molecule has 0 bridgehead atoms. The molecule has 5 heteroatoms. The van der Waals surface area contributed by atoms with Crippen molar-refractivity contribution in [2.24, 2.45) is 5.73 Å². The van der Waals surface area contributed by atoms with Crippen molar-refractivity contribution in [3.63, 3.8) is 0 Å². The SMILES string of the molecule is Cc1ccc(C(CN)N2CC(C)OC(CO)C2)o1. The van der Waals surface area contributed by atoms with E-state index in [0.29, 0.717) is 13.1 Å². The monoisotopic (exact) mass is 254 g/mol. The maximum Gasteiger partial charge on any atom is 0.122 e. The molecular weight excluding hydrogens is 232 g/mol.